The van der Waals surface area contributed by atoms with Crippen LogP contribution in [0.4, 0.5) is 0 Å². The number of nitrogens with zero attached hydrogens (tertiary/aromatic N) is 1. The summed E-state index contributed by atoms with van der Waals surface area (Å²) in [5, 5.41) is 3.22. The predicted octanol–water partition coefficient (Wildman–Crippen LogP) is 3.45. The molecule has 2 rings (SSSR count). The van der Waals surface area contributed by atoms with E-state index in [1.54, 1.807) is 22.7 Å². The zero-order valence-electron chi connectivity index (χ0n) is 9.56. The first kappa shape index (κ1) is 11.8. The van der Waals surface area contributed by atoms with E-state index in [4.69, 9.17) is 5.73 Å². The molecule has 0 bridgehead atoms. The minimum Gasteiger partial charge on any atom is -0.323 e. The SMILES string of the molecule is Cc1nc(C)c(C(N)CCc2cccs2)s1. The van der Waals surface area contributed by atoms with Gasteiger partial charge in [0.15, 0.2) is 0 Å². The van der Waals surface area contributed by atoms with Crippen LogP contribution in [0.2, 0.25) is 0 Å². The van der Waals surface area contributed by atoms with Crippen molar-refractivity contribution in [1.82, 2.24) is 4.98 Å². The molecule has 2 heterocycles. The summed E-state index contributed by atoms with van der Waals surface area (Å²) in [6, 6.07) is 4.39. The van der Waals surface area contributed by atoms with E-state index in [0.29, 0.717) is 0 Å². The number of rotatable bonds is 4. The molecule has 0 aromatic carbocycles. The molecule has 0 fully saturated rings. The monoisotopic (exact) mass is 252 g/mol. The molecule has 16 heavy (non-hydrogen) atoms. The molecule has 0 amide bonds. The molecule has 0 saturated carbocycles. The molecule has 2 nitrogen and oxygen atoms in total. The van der Waals surface area contributed by atoms with Gasteiger partial charge in [0.05, 0.1) is 10.7 Å². The van der Waals surface area contributed by atoms with Crippen molar-refractivity contribution in [3.8, 4) is 0 Å². The van der Waals surface area contributed by atoms with Crippen LogP contribution in [0.3, 0.4) is 0 Å². The van der Waals surface area contributed by atoms with Crippen LogP contribution in [0.15, 0.2) is 17.5 Å². The maximum absolute atomic E-state index is 6.20. The van der Waals surface area contributed by atoms with Crippen molar-refractivity contribution in [1.29, 1.82) is 0 Å². The van der Waals surface area contributed by atoms with Crippen LogP contribution >= 0.6 is 22.7 Å². The van der Waals surface area contributed by atoms with E-state index in [2.05, 4.69) is 22.5 Å². The van der Waals surface area contributed by atoms with Crippen molar-refractivity contribution >= 4 is 22.7 Å². The van der Waals surface area contributed by atoms with Gasteiger partial charge in [-0.05, 0) is 38.1 Å². The zero-order chi connectivity index (χ0) is 11.5. The van der Waals surface area contributed by atoms with Gasteiger partial charge < -0.3 is 5.73 Å². The third-order valence-corrected chi connectivity index (χ3v) is 4.70. The highest BCUT2D eigenvalue weighted by Crippen LogP contribution is 2.26. The molecule has 1 unspecified atom stereocenters. The standard InChI is InChI=1S/C12H16N2S2/c1-8-12(16-9(2)14-8)11(13)6-5-10-4-3-7-15-10/h3-4,7,11H,5-6,13H2,1-2H3. The van der Waals surface area contributed by atoms with Gasteiger partial charge in [-0.1, -0.05) is 6.07 Å². The Labute approximate surface area is 104 Å². The molecule has 0 spiro atoms. The lowest BCUT2D eigenvalue weighted by Gasteiger charge is -2.09. The fourth-order valence-electron chi connectivity index (χ4n) is 1.77. The number of hydrogen-bond donors (Lipinski definition) is 1. The fourth-order valence-corrected chi connectivity index (χ4v) is 3.46. The lowest BCUT2D eigenvalue weighted by atomic mass is 10.1. The topological polar surface area (TPSA) is 38.9 Å². The Balaban J connectivity index is 1.98. The number of nitrogens with two attached hydrogens (primary N) is 1. The Morgan fingerprint density at radius 1 is 1.44 bits per heavy atom. The Kier molecular flexibility index (Phi) is 3.74. The second kappa shape index (κ2) is 5.08. The van der Waals surface area contributed by atoms with Gasteiger partial charge in [0, 0.05) is 15.8 Å². The summed E-state index contributed by atoms with van der Waals surface area (Å²) in [5.74, 6) is 0. The summed E-state index contributed by atoms with van der Waals surface area (Å²) in [4.78, 5) is 7.07. The van der Waals surface area contributed by atoms with Crippen molar-refractivity contribution in [3.63, 3.8) is 0 Å². The molecule has 2 N–H and O–H groups in total. The summed E-state index contributed by atoms with van der Waals surface area (Å²) >= 11 is 3.53. The molecule has 4 heteroatoms. The number of thiazole rings is 1. The van der Waals surface area contributed by atoms with E-state index in [1.807, 2.05) is 13.8 Å². The second-order valence-electron chi connectivity index (χ2n) is 3.91. The number of thiophene rings is 1. The number of hydrogen-bond acceptors (Lipinski definition) is 4. The van der Waals surface area contributed by atoms with Crippen molar-refractivity contribution in [2.75, 3.05) is 0 Å². The van der Waals surface area contributed by atoms with E-state index >= 15 is 0 Å². The van der Waals surface area contributed by atoms with Gasteiger partial charge in [0.2, 0.25) is 0 Å². The van der Waals surface area contributed by atoms with Crippen LogP contribution in [-0.2, 0) is 6.42 Å². The van der Waals surface area contributed by atoms with E-state index in [1.165, 1.54) is 9.75 Å². The average Bonchev–Trinajstić information content (AvgIpc) is 2.84. The molecule has 0 aliphatic carbocycles. The average molecular weight is 252 g/mol. The minimum absolute atomic E-state index is 0.133. The van der Waals surface area contributed by atoms with Crippen LogP contribution < -0.4 is 5.73 Å². The van der Waals surface area contributed by atoms with Gasteiger partial charge in [-0.15, -0.1) is 22.7 Å². The van der Waals surface area contributed by atoms with Gasteiger partial charge in [0.25, 0.3) is 0 Å². The number of aromatic nitrogens is 1. The Morgan fingerprint density at radius 3 is 2.81 bits per heavy atom. The van der Waals surface area contributed by atoms with Gasteiger partial charge >= 0.3 is 0 Å². The summed E-state index contributed by atoms with van der Waals surface area (Å²) in [6.07, 6.45) is 2.07. The van der Waals surface area contributed by atoms with Crippen molar-refractivity contribution in [3.05, 3.63) is 38.0 Å². The van der Waals surface area contributed by atoms with E-state index in [-0.39, 0.29) is 6.04 Å². The first-order chi connectivity index (χ1) is 7.66. The molecule has 1 atom stereocenters. The highest BCUT2D eigenvalue weighted by molar-refractivity contribution is 7.11. The second-order valence-corrected chi connectivity index (χ2v) is 6.17. The highest BCUT2D eigenvalue weighted by atomic mass is 32.1. The van der Waals surface area contributed by atoms with Crippen molar-refractivity contribution in [2.45, 2.75) is 32.7 Å². The largest absolute Gasteiger partial charge is 0.323 e. The van der Waals surface area contributed by atoms with E-state index in [0.717, 1.165) is 23.5 Å². The van der Waals surface area contributed by atoms with Crippen LogP contribution in [0.25, 0.3) is 0 Å². The van der Waals surface area contributed by atoms with E-state index < -0.39 is 0 Å². The van der Waals surface area contributed by atoms with Gasteiger partial charge in [0.1, 0.15) is 0 Å². The van der Waals surface area contributed by atoms with Crippen LogP contribution in [-0.4, -0.2) is 4.98 Å². The number of aryl methyl sites for hydroxylation is 3. The molecule has 0 aliphatic rings. The quantitative estimate of drug-likeness (QED) is 0.905. The lowest BCUT2D eigenvalue weighted by molar-refractivity contribution is 0.661. The zero-order valence-corrected chi connectivity index (χ0v) is 11.2. The smallest absolute Gasteiger partial charge is 0.0900 e. The Bertz CT molecular complexity index is 446. The normalized spacial score (nSPS) is 12.9. The molecular formula is C12H16N2S2. The van der Waals surface area contributed by atoms with Crippen molar-refractivity contribution in [2.24, 2.45) is 5.73 Å². The van der Waals surface area contributed by atoms with E-state index in [9.17, 15) is 0 Å². The molecule has 86 valence electrons. The molecule has 0 saturated heterocycles. The maximum Gasteiger partial charge on any atom is 0.0900 e. The maximum atomic E-state index is 6.20. The van der Waals surface area contributed by atoms with Gasteiger partial charge in [-0.25, -0.2) is 4.98 Å². The third kappa shape index (κ3) is 2.70. The minimum atomic E-state index is 0.133. The van der Waals surface area contributed by atoms with Crippen LogP contribution in [0.1, 0.15) is 32.9 Å². The summed E-state index contributed by atoms with van der Waals surface area (Å²) in [7, 11) is 0. The molecule has 2 aromatic heterocycles. The molecule has 0 aliphatic heterocycles. The van der Waals surface area contributed by atoms with Gasteiger partial charge in [-0.3, -0.25) is 0 Å². The molecule has 0 radical (unpaired) electrons. The lowest BCUT2D eigenvalue weighted by Crippen LogP contribution is -2.10. The summed E-state index contributed by atoms with van der Waals surface area (Å²) in [5.41, 5.74) is 7.30. The van der Waals surface area contributed by atoms with Gasteiger partial charge in [-0.2, -0.15) is 0 Å². The fraction of sp³-hybridized carbons (Fsp3) is 0.417. The van der Waals surface area contributed by atoms with Crippen molar-refractivity contribution < 1.29 is 0 Å². The highest BCUT2D eigenvalue weighted by Gasteiger charge is 2.13. The predicted molar refractivity (Wildman–Crippen MR) is 71.2 cm³/mol. The Hall–Kier alpha value is -0.710. The summed E-state index contributed by atoms with van der Waals surface area (Å²) in [6.45, 7) is 4.08. The Morgan fingerprint density at radius 2 is 2.25 bits per heavy atom. The van der Waals surface area contributed by atoms with Crippen LogP contribution in [0, 0.1) is 13.8 Å². The van der Waals surface area contributed by atoms with Crippen LogP contribution in [0.5, 0.6) is 0 Å². The molecule has 2 aromatic rings. The molecular weight excluding hydrogens is 236 g/mol. The third-order valence-electron chi connectivity index (χ3n) is 2.56. The first-order valence-corrected chi connectivity index (χ1v) is 7.08. The summed E-state index contributed by atoms with van der Waals surface area (Å²) < 4.78 is 0. The first-order valence-electron chi connectivity index (χ1n) is 5.38.